The van der Waals surface area contributed by atoms with Crippen molar-refractivity contribution in [3.63, 3.8) is 0 Å². The highest BCUT2D eigenvalue weighted by atomic mass is 79.9. The van der Waals surface area contributed by atoms with Crippen molar-refractivity contribution in [2.75, 3.05) is 13.6 Å². The maximum atomic E-state index is 13.2. The molecule has 0 spiro atoms. The molecule has 0 fully saturated rings. The van der Waals surface area contributed by atoms with Crippen molar-refractivity contribution in [1.29, 1.82) is 0 Å². The lowest BCUT2D eigenvalue weighted by atomic mass is 10.1. The second kappa shape index (κ2) is 6.92. The minimum atomic E-state index is -0.258. The molecule has 3 nitrogen and oxygen atoms in total. The quantitative estimate of drug-likeness (QED) is 0.911. The van der Waals surface area contributed by atoms with E-state index in [0.717, 1.165) is 22.1 Å². The summed E-state index contributed by atoms with van der Waals surface area (Å²) in [4.78, 5) is 6.24. The highest BCUT2D eigenvalue weighted by Gasteiger charge is 2.18. The number of hydrogen-bond acceptors (Lipinski definition) is 3. The molecular weight excluding hydrogens is 321 g/mol. The third-order valence-electron chi connectivity index (χ3n) is 3.23. The fourth-order valence-corrected chi connectivity index (χ4v) is 2.82. The number of halogens is 2. The summed E-state index contributed by atoms with van der Waals surface area (Å²) in [6.07, 6.45) is 3.59. The van der Waals surface area contributed by atoms with E-state index in [4.69, 9.17) is 5.73 Å². The molecule has 1 unspecified atom stereocenters. The number of likely N-dealkylation sites (N-methyl/N-ethyl adjacent to an activating group) is 1. The summed E-state index contributed by atoms with van der Waals surface area (Å²) < 4.78 is 13.9. The second-order valence-corrected chi connectivity index (χ2v) is 5.55. The lowest BCUT2D eigenvalue weighted by Gasteiger charge is -2.28. The number of pyridine rings is 1. The van der Waals surface area contributed by atoms with Gasteiger partial charge < -0.3 is 5.73 Å². The SMILES string of the molecule is CN(Cc1cccnc1)C(CN)c1ccc(F)cc1Br. The van der Waals surface area contributed by atoms with E-state index >= 15 is 0 Å². The normalized spacial score (nSPS) is 12.7. The highest BCUT2D eigenvalue weighted by molar-refractivity contribution is 9.10. The van der Waals surface area contributed by atoms with E-state index in [1.165, 1.54) is 12.1 Å². The van der Waals surface area contributed by atoms with Crippen LogP contribution < -0.4 is 5.73 Å². The first kappa shape index (κ1) is 15.1. The third kappa shape index (κ3) is 3.62. The van der Waals surface area contributed by atoms with Crippen LogP contribution in [0.5, 0.6) is 0 Å². The summed E-state index contributed by atoms with van der Waals surface area (Å²) in [7, 11) is 2.00. The molecule has 0 saturated heterocycles. The minimum Gasteiger partial charge on any atom is -0.329 e. The van der Waals surface area contributed by atoms with Gasteiger partial charge in [-0.05, 0) is 36.4 Å². The number of benzene rings is 1. The van der Waals surface area contributed by atoms with Gasteiger partial charge >= 0.3 is 0 Å². The Balaban J connectivity index is 2.19. The lowest BCUT2D eigenvalue weighted by molar-refractivity contribution is 0.240. The molecule has 1 atom stereocenters. The standard InChI is InChI=1S/C15H17BrFN3/c1-20(10-11-3-2-6-19-9-11)15(8-18)13-5-4-12(17)7-14(13)16/h2-7,9,15H,8,10,18H2,1H3. The molecule has 2 N–H and O–H groups in total. The molecule has 0 amide bonds. The molecule has 1 aromatic heterocycles. The van der Waals surface area contributed by atoms with Crippen molar-refractivity contribution in [2.24, 2.45) is 5.73 Å². The minimum absolute atomic E-state index is 0.0187. The largest absolute Gasteiger partial charge is 0.329 e. The first-order valence-corrected chi connectivity index (χ1v) is 7.15. The van der Waals surface area contributed by atoms with Gasteiger partial charge in [-0.15, -0.1) is 0 Å². The molecule has 0 saturated carbocycles. The fraction of sp³-hybridized carbons (Fsp3) is 0.267. The Hall–Kier alpha value is -1.30. The van der Waals surface area contributed by atoms with Crippen LogP contribution in [0.4, 0.5) is 4.39 Å². The van der Waals surface area contributed by atoms with Gasteiger partial charge in [-0.2, -0.15) is 0 Å². The van der Waals surface area contributed by atoms with Crippen LogP contribution in [0.15, 0.2) is 47.2 Å². The van der Waals surface area contributed by atoms with E-state index in [1.54, 1.807) is 12.3 Å². The van der Waals surface area contributed by atoms with E-state index in [-0.39, 0.29) is 11.9 Å². The van der Waals surface area contributed by atoms with Crippen molar-refractivity contribution in [1.82, 2.24) is 9.88 Å². The molecule has 106 valence electrons. The van der Waals surface area contributed by atoms with E-state index < -0.39 is 0 Å². The maximum absolute atomic E-state index is 13.2. The van der Waals surface area contributed by atoms with Crippen LogP contribution in [-0.4, -0.2) is 23.5 Å². The van der Waals surface area contributed by atoms with Crippen molar-refractivity contribution in [2.45, 2.75) is 12.6 Å². The van der Waals surface area contributed by atoms with E-state index in [2.05, 4.69) is 25.8 Å². The smallest absolute Gasteiger partial charge is 0.124 e. The predicted molar refractivity (Wildman–Crippen MR) is 81.6 cm³/mol. The Kier molecular flexibility index (Phi) is 5.23. The number of rotatable bonds is 5. The Morgan fingerprint density at radius 1 is 1.40 bits per heavy atom. The summed E-state index contributed by atoms with van der Waals surface area (Å²) in [6, 6.07) is 8.66. The summed E-state index contributed by atoms with van der Waals surface area (Å²) in [6.45, 7) is 1.19. The number of aromatic nitrogens is 1. The molecule has 0 radical (unpaired) electrons. The highest BCUT2D eigenvalue weighted by Crippen LogP contribution is 2.28. The van der Waals surface area contributed by atoms with Gasteiger partial charge in [0, 0.05) is 36.0 Å². The molecule has 0 aliphatic rings. The summed E-state index contributed by atoms with van der Waals surface area (Å²) >= 11 is 3.41. The third-order valence-corrected chi connectivity index (χ3v) is 3.92. The zero-order valence-electron chi connectivity index (χ0n) is 11.3. The van der Waals surface area contributed by atoms with Gasteiger partial charge in [0.25, 0.3) is 0 Å². The van der Waals surface area contributed by atoms with Crippen LogP contribution in [0.1, 0.15) is 17.2 Å². The Bertz CT molecular complexity index is 562. The average molecular weight is 338 g/mol. The van der Waals surface area contributed by atoms with E-state index in [9.17, 15) is 4.39 Å². The van der Waals surface area contributed by atoms with Gasteiger partial charge in [0.2, 0.25) is 0 Å². The lowest BCUT2D eigenvalue weighted by Crippen LogP contribution is -2.30. The molecular formula is C15H17BrFN3. The first-order chi connectivity index (χ1) is 9.61. The summed E-state index contributed by atoms with van der Waals surface area (Å²) in [5.74, 6) is -0.258. The number of nitrogens with two attached hydrogens (primary N) is 1. The van der Waals surface area contributed by atoms with E-state index in [1.807, 2.05) is 25.4 Å². The summed E-state index contributed by atoms with van der Waals surface area (Å²) in [5.41, 5.74) is 8.00. The van der Waals surface area contributed by atoms with Gasteiger partial charge in [-0.25, -0.2) is 4.39 Å². The van der Waals surface area contributed by atoms with Gasteiger partial charge in [-0.3, -0.25) is 9.88 Å². The second-order valence-electron chi connectivity index (χ2n) is 4.69. The number of nitrogens with zero attached hydrogens (tertiary/aromatic N) is 2. The van der Waals surface area contributed by atoms with Crippen LogP contribution in [-0.2, 0) is 6.54 Å². The fourth-order valence-electron chi connectivity index (χ4n) is 2.21. The first-order valence-electron chi connectivity index (χ1n) is 6.36. The van der Waals surface area contributed by atoms with E-state index in [0.29, 0.717) is 6.54 Å². The molecule has 2 rings (SSSR count). The molecule has 2 aromatic rings. The molecule has 1 heterocycles. The zero-order valence-corrected chi connectivity index (χ0v) is 12.8. The zero-order chi connectivity index (χ0) is 14.5. The van der Waals surface area contributed by atoms with Crippen LogP contribution in [0.25, 0.3) is 0 Å². The van der Waals surface area contributed by atoms with Gasteiger partial charge in [-0.1, -0.05) is 28.1 Å². The molecule has 5 heteroatoms. The molecule has 0 bridgehead atoms. The topological polar surface area (TPSA) is 42.2 Å². The Morgan fingerprint density at radius 2 is 2.20 bits per heavy atom. The molecule has 1 aromatic carbocycles. The number of hydrogen-bond donors (Lipinski definition) is 1. The summed E-state index contributed by atoms with van der Waals surface area (Å²) in [5, 5.41) is 0. The van der Waals surface area contributed by atoms with Crippen LogP contribution in [0.3, 0.4) is 0 Å². The van der Waals surface area contributed by atoms with Gasteiger partial charge in [0.1, 0.15) is 5.82 Å². The predicted octanol–water partition coefficient (Wildman–Crippen LogP) is 3.12. The van der Waals surface area contributed by atoms with Crippen molar-refractivity contribution < 1.29 is 4.39 Å². The molecule has 0 aliphatic heterocycles. The van der Waals surface area contributed by atoms with Gasteiger partial charge in [0.05, 0.1) is 0 Å². The van der Waals surface area contributed by atoms with Crippen molar-refractivity contribution in [3.8, 4) is 0 Å². The van der Waals surface area contributed by atoms with Gasteiger partial charge in [0.15, 0.2) is 0 Å². The molecule has 20 heavy (non-hydrogen) atoms. The van der Waals surface area contributed by atoms with Crippen molar-refractivity contribution >= 4 is 15.9 Å². The average Bonchev–Trinajstić information content (AvgIpc) is 2.43. The Labute approximate surface area is 126 Å². The Morgan fingerprint density at radius 3 is 2.80 bits per heavy atom. The molecule has 0 aliphatic carbocycles. The van der Waals surface area contributed by atoms with Crippen molar-refractivity contribution in [3.05, 3.63) is 64.1 Å². The van der Waals surface area contributed by atoms with Crippen LogP contribution in [0.2, 0.25) is 0 Å². The maximum Gasteiger partial charge on any atom is 0.124 e. The monoisotopic (exact) mass is 337 g/mol. The van der Waals surface area contributed by atoms with Crippen LogP contribution in [0, 0.1) is 5.82 Å². The van der Waals surface area contributed by atoms with Crippen LogP contribution >= 0.6 is 15.9 Å².